The summed E-state index contributed by atoms with van der Waals surface area (Å²) in [6.07, 6.45) is 7.78. The molecule has 1 N–H and O–H groups in total. The topological polar surface area (TPSA) is 28.2 Å². The maximum atomic E-state index is 4.21. The summed E-state index contributed by atoms with van der Waals surface area (Å²) in [4.78, 5) is 6.54. The van der Waals surface area contributed by atoms with Crippen molar-refractivity contribution in [1.82, 2.24) is 4.98 Å². The summed E-state index contributed by atoms with van der Waals surface area (Å²) in [5, 5.41) is 3.11. The second-order valence-corrected chi connectivity index (χ2v) is 3.88. The molecule has 1 heterocycles. The number of nitrogens with zero attached hydrogens (tertiary/aromatic N) is 2. The van der Waals surface area contributed by atoms with E-state index >= 15 is 0 Å². The van der Waals surface area contributed by atoms with E-state index in [-0.39, 0.29) is 0 Å². The van der Waals surface area contributed by atoms with Gasteiger partial charge in [0.25, 0.3) is 0 Å². The molecule has 0 aliphatic heterocycles. The minimum absolute atomic E-state index is 0.726. The third-order valence-electron chi connectivity index (χ3n) is 3.04. The van der Waals surface area contributed by atoms with Gasteiger partial charge in [-0.05, 0) is 25.3 Å². The van der Waals surface area contributed by atoms with Gasteiger partial charge < -0.3 is 10.2 Å². The molecule has 1 aromatic rings. The van der Waals surface area contributed by atoms with Crippen LogP contribution in [0.3, 0.4) is 0 Å². The van der Waals surface area contributed by atoms with Crippen LogP contribution >= 0.6 is 0 Å². The number of hydrogen-bond acceptors (Lipinski definition) is 3. The van der Waals surface area contributed by atoms with E-state index in [0.29, 0.717) is 0 Å². The van der Waals surface area contributed by atoms with Gasteiger partial charge in [-0.3, -0.25) is 4.98 Å². The summed E-state index contributed by atoms with van der Waals surface area (Å²) >= 11 is 0. The first kappa shape index (κ1) is 9.31. The fraction of sp³-hybridized carbons (Fsp3) is 0.545. The van der Waals surface area contributed by atoms with E-state index in [4.69, 9.17) is 0 Å². The Morgan fingerprint density at radius 1 is 1.43 bits per heavy atom. The lowest BCUT2D eigenvalue weighted by Crippen LogP contribution is -2.37. The van der Waals surface area contributed by atoms with Crippen LogP contribution in [0.5, 0.6) is 0 Å². The molecular formula is C11H17N3. The average molecular weight is 191 g/mol. The molecule has 0 atom stereocenters. The van der Waals surface area contributed by atoms with Gasteiger partial charge >= 0.3 is 0 Å². The zero-order valence-corrected chi connectivity index (χ0v) is 8.83. The molecule has 1 fully saturated rings. The summed E-state index contributed by atoms with van der Waals surface area (Å²) in [7, 11) is 4.07. The van der Waals surface area contributed by atoms with Gasteiger partial charge in [0.15, 0.2) is 0 Å². The molecule has 14 heavy (non-hydrogen) atoms. The van der Waals surface area contributed by atoms with Gasteiger partial charge in [0, 0.05) is 20.1 Å². The lowest BCUT2D eigenvalue weighted by molar-refractivity contribution is 0.401. The Labute approximate surface area is 85.1 Å². The van der Waals surface area contributed by atoms with Gasteiger partial charge in [-0.2, -0.15) is 0 Å². The monoisotopic (exact) mass is 191 g/mol. The van der Waals surface area contributed by atoms with Crippen LogP contribution in [0.1, 0.15) is 19.3 Å². The smallest absolute Gasteiger partial charge is 0.0573 e. The predicted molar refractivity (Wildman–Crippen MR) is 59.8 cm³/mol. The largest absolute Gasteiger partial charge is 0.387 e. The van der Waals surface area contributed by atoms with Crippen LogP contribution in [0.25, 0.3) is 0 Å². The molecule has 0 spiro atoms. The Morgan fingerprint density at radius 3 is 2.79 bits per heavy atom. The Hall–Kier alpha value is -1.25. The number of rotatable bonds is 3. The van der Waals surface area contributed by atoms with Crippen molar-refractivity contribution in [2.75, 3.05) is 24.3 Å². The van der Waals surface area contributed by atoms with Crippen molar-refractivity contribution in [2.45, 2.75) is 25.3 Å². The van der Waals surface area contributed by atoms with Gasteiger partial charge in [-0.25, -0.2) is 0 Å². The Balaban J connectivity index is 2.13. The zero-order valence-electron chi connectivity index (χ0n) is 8.83. The van der Waals surface area contributed by atoms with Gasteiger partial charge in [0.05, 0.1) is 23.8 Å². The highest BCUT2D eigenvalue weighted by molar-refractivity contribution is 5.55. The first-order valence-corrected chi connectivity index (χ1v) is 5.17. The summed E-state index contributed by atoms with van der Waals surface area (Å²) in [5.74, 6) is 0. The lowest BCUT2D eigenvalue weighted by Gasteiger charge is -2.36. The highest BCUT2D eigenvalue weighted by Crippen LogP contribution is 2.28. The van der Waals surface area contributed by atoms with Crippen molar-refractivity contribution in [3.8, 4) is 0 Å². The van der Waals surface area contributed by atoms with Crippen molar-refractivity contribution < 1.29 is 0 Å². The maximum Gasteiger partial charge on any atom is 0.0573 e. The molecule has 3 nitrogen and oxygen atoms in total. The molecule has 2 rings (SSSR count). The fourth-order valence-electron chi connectivity index (χ4n) is 1.74. The Kier molecular flexibility index (Phi) is 2.57. The molecular weight excluding hydrogens is 174 g/mol. The zero-order chi connectivity index (χ0) is 9.97. The van der Waals surface area contributed by atoms with Crippen molar-refractivity contribution in [3.05, 3.63) is 18.5 Å². The summed E-state index contributed by atoms with van der Waals surface area (Å²) in [6.45, 7) is 0. The molecule has 0 saturated heterocycles. The predicted octanol–water partition coefficient (Wildman–Crippen LogP) is 2.11. The molecule has 1 saturated carbocycles. The maximum absolute atomic E-state index is 4.21. The van der Waals surface area contributed by atoms with E-state index in [9.17, 15) is 0 Å². The van der Waals surface area contributed by atoms with Gasteiger partial charge in [0.2, 0.25) is 0 Å². The Bertz CT molecular complexity index is 307. The second-order valence-electron chi connectivity index (χ2n) is 3.88. The van der Waals surface area contributed by atoms with Crippen LogP contribution in [-0.4, -0.2) is 25.1 Å². The van der Waals surface area contributed by atoms with Crippen LogP contribution < -0.4 is 10.2 Å². The van der Waals surface area contributed by atoms with Crippen LogP contribution in [0.4, 0.5) is 11.4 Å². The first-order valence-electron chi connectivity index (χ1n) is 5.17. The summed E-state index contributed by atoms with van der Waals surface area (Å²) < 4.78 is 0. The van der Waals surface area contributed by atoms with Crippen LogP contribution in [-0.2, 0) is 0 Å². The van der Waals surface area contributed by atoms with E-state index in [1.807, 2.05) is 19.4 Å². The molecule has 0 bridgehead atoms. The van der Waals surface area contributed by atoms with Crippen molar-refractivity contribution in [1.29, 1.82) is 0 Å². The summed E-state index contributed by atoms with van der Waals surface area (Å²) in [6, 6.07) is 2.87. The lowest BCUT2D eigenvalue weighted by atomic mass is 9.91. The number of aromatic nitrogens is 1. The molecule has 0 radical (unpaired) electrons. The molecule has 76 valence electrons. The van der Waals surface area contributed by atoms with Crippen molar-refractivity contribution in [2.24, 2.45) is 0 Å². The van der Waals surface area contributed by atoms with Gasteiger partial charge in [-0.1, -0.05) is 0 Å². The fourth-order valence-corrected chi connectivity index (χ4v) is 1.74. The average Bonchev–Trinajstić information content (AvgIpc) is 2.15. The standard InChI is InChI=1S/C11H17N3/c1-12-9-6-11(8-13-7-9)14(2)10-4-3-5-10/h6-8,10,12H,3-5H2,1-2H3. The number of anilines is 2. The molecule has 0 aromatic carbocycles. The minimum atomic E-state index is 0.726. The normalized spacial score (nSPS) is 16.1. The van der Waals surface area contributed by atoms with E-state index in [1.165, 1.54) is 24.9 Å². The van der Waals surface area contributed by atoms with Crippen LogP contribution in [0.15, 0.2) is 18.5 Å². The van der Waals surface area contributed by atoms with E-state index in [1.54, 1.807) is 0 Å². The highest BCUT2D eigenvalue weighted by atomic mass is 15.1. The third kappa shape index (κ3) is 1.67. The van der Waals surface area contributed by atoms with Crippen molar-refractivity contribution >= 4 is 11.4 Å². The highest BCUT2D eigenvalue weighted by Gasteiger charge is 2.22. The Morgan fingerprint density at radius 2 is 2.21 bits per heavy atom. The van der Waals surface area contributed by atoms with Gasteiger partial charge in [-0.15, -0.1) is 0 Å². The van der Waals surface area contributed by atoms with E-state index < -0.39 is 0 Å². The minimum Gasteiger partial charge on any atom is -0.387 e. The van der Waals surface area contributed by atoms with Crippen LogP contribution in [0, 0.1) is 0 Å². The van der Waals surface area contributed by atoms with Crippen molar-refractivity contribution in [3.63, 3.8) is 0 Å². The van der Waals surface area contributed by atoms with Crippen LogP contribution in [0.2, 0.25) is 0 Å². The molecule has 1 aromatic heterocycles. The molecule has 1 aliphatic carbocycles. The third-order valence-corrected chi connectivity index (χ3v) is 3.04. The molecule has 3 heteroatoms. The van der Waals surface area contributed by atoms with E-state index in [2.05, 4.69) is 28.3 Å². The number of hydrogen-bond donors (Lipinski definition) is 1. The quantitative estimate of drug-likeness (QED) is 0.793. The summed E-state index contributed by atoms with van der Waals surface area (Å²) in [5.41, 5.74) is 2.29. The van der Waals surface area contributed by atoms with E-state index in [0.717, 1.165) is 11.7 Å². The number of nitrogens with one attached hydrogen (secondary N) is 1. The SMILES string of the molecule is CNc1cncc(N(C)C2CCC2)c1. The molecule has 0 amide bonds. The second kappa shape index (κ2) is 3.86. The first-order chi connectivity index (χ1) is 6.81. The molecule has 0 unspecified atom stereocenters. The van der Waals surface area contributed by atoms with Gasteiger partial charge in [0.1, 0.15) is 0 Å². The number of pyridine rings is 1. The molecule has 1 aliphatic rings.